The molecule has 0 radical (unpaired) electrons. The van der Waals surface area contributed by atoms with Gasteiger partial charge in [0.25, 0.3) is 6.43 Å². The topological polar surface area (TPSA) is 93.3 Å². The van der Waals surface area contributed by atoms with Crippen molar-refractivity contribution in [2.75, 3.05) is 0 Å². The molecule has 9 heteroatoms. The van der Waals surface area contributed by atoms with Gasteiger partial charge in [-0.3, -0.25) is 19.9 Å². The fourth-order valence-corrected chi connectivity index (χ4v) is 1.81. The Morgan fingerprint density at radius 1 is 1.65 bits per heavy atom. The van der Waals surface area contributed by atoms with Gasteiger partial charge in [-0.15, -0.1) is 0 Å². The lowest BCUT2D eigenvalue weighted by Crippen LogP contribution is -2.08. The number of halogens is 3. The minimum Gasteiger partial charge on any atom is -0.481 e. The van der Waals surface area contributed by atoms with E-state index in [1.54, 1.807) is 0 Å². The Hall–Kier alpha value is -1.64. The van der Waals surface area contributed by atoms with E-state index in [4.69, 9.17) is 5.11 Å². The lowest BCUT2D eigenvalue weighted by atomic mass is 10.1. The molecule has 1 rings (SSSR count). The van der Waals surface area contributed by atoms with Crippen LogP contribution in [0.3, 0.4) is 0 Å². The van der Waals surface area contributed by atoms with E-state index in [-0.39, 0.29) is 0 Å². The van der Waals surface area contributed by atoms with E-state index in [2.05, 4.69) is 20.9 Å². The SMILES string of the molecule is O=C(O)Cc1ncc([N+](=O)[O-])c(Br)c1C(F)F. The van der Waals surface area contributed by atoms with Crippen molar-refractivity contribution in [3.8, 4) is 0 Å². The smallest absolute Gasteiger partial charge is 0.309 e. The van der Waals surface area contributed by atoms with Crippen LogP contribution in [0.4, 0.5) is 14.5 Å². The van der Waals surface area contributed by atoms with Crippen LogP contribution in [-0.4, -0.2) is 21.0 Å². The third-order valence-corrected chi connectivity index (χ3v) is 2.68. The number of nitro groups is 1. The van der Waals surface area contributed by atoms with Crippen LogP contribution in [-0.2, 0) is 11.2 Å². The van der Waals surface area contributed by atoms with Crippen molar-refractivity contribution in [2.45, 2.75) is 12.8 Å². The van der Waals surface area contributed by atoms with Crippen LogP contribution >= 0.6 is 15.9 Å². The van der Waals surface area contributed by atoms with Crippen molar-refractivity contribution in [3.05, 3.63) is 32.0 Å². The fraction of sp³-hybridized carbons (Fsp3) is 0.250. The fourth-order valence-electron chi connectivity index (χ4n) is 1.16. The highest BCUT2D eigenvalue weighted by Gasteiger charge is 2.26. The molecule has 0 fully saturated rings. The number of pyridine rings is 1. The Morgan fingerprint density at radius 3 is 2.65 bits per heavy atom. The first kappa shape index (κ1) is 13.4. The van der Waals surface area contributed by atoms with Gasteiger partial charge < -0.3 is 5.11 Å². The maximum absolute atomic E-state index is 12.7. The maximum atomic E-state index is 12.7. The van der Waals surface area contributed by atoms with Crippen molar-refractivity contribution in [1.82, 2.24) is 4.98 Å². The molecule has 0 saturated heterocycles. The Kier molecular flexibility index (Phi) is 4.05. The molecule has 0 spiro atoms. The van der Waals surface area contributed by atoms with E-state index < -0.39 is 45.2 Å². The van der Waals surface area contributed by atoms with Crippen molar-refractivity contribution in [3.63, 3.8) is 0 Å². The molecule has 1 heterocycles. The van der Waals surface area contributed by atoms with Crippen LogP contribution in [0.25, 0.3) is 0 Å². The Bertz CT molecular complexity index is 481. The first-order valence-corrected chi connectivity index (χ1v) is 4.95. The van der Waals surface area contributed by atoms with Crippen LogP contribution in [0.2, 0.25) is 0 Å². The molecule has 0 amide bonds. The number of nitrogens with zero attached hydrogens (tertiary/aromatic N) is 2. The molecule has 0 bridgehead atoms. The molecule has 92 valence electrons. The second-order valence-electron chi connectivity index (χ2n) is 2.95. The minimum absolute atomic E-state index is 0.398. The zero-order chi connectivity index (χ0) is 13.2. The van der Waals surface area contributed by atoms with Crippen molar-refractivity contribution in [1.29, 1.82) is 0 Å². The lowest BCUT2D eigenvalue weighted by Gasteiger charge is -2.08. The van der Waals surface area contributed by atoms with Crippen LogP contribution in [0, 0.1) is 10.1 Å². The molecule has 6 nitrogen and oxygen atoms in total. The molecule has 1 N–H and O–H groups in total. The quantitative estimate of drug-likeness (QED) is 0.680. The van der Waals surface area contributed by atoms with Gasteiger partial charge in [0.15, 0.2) is 0 Å². The molecule has 0 aliphatic heterocycles. The number of hydrogen-bond acceptors (Lipinski definition) is 4. The van der Waals surface area contributed by atoms with Gasteiger partial charge in [0, 0.05) is 0 Å². The number of carboxylic acids is 1. The summed E-state index contributed by atoms with van der Waals surface area (Å²) in [5.41, 5.74) is -1.79. The van der Waals surface area contributed by atoms with Gasteiger partial charge in [-0.05, 0) is 15.9 Å². The summed E-state index contributed by atoms with van der Waals surface area (Å²) in [5, 5.41) is 19.0. The predicted molar refractivity (Wildman–Crippen MR) is 54.9 cm³/mol. The second kappa shape index (κ2) is 5.13. The maximum Gasteiger partial charge on any atom is 0.309 e. The number of carbonyl (C=O) groups is 1. The number of aliphatic carboxylic acids is 1. The molecule has 0 aromatic carbocycles. The minimum atomic E-state index is -3.05. The van der Waals surface area contributed by atoms with E-state index in [1.165, 1.54) is 0 Å². The predicted octanol–water partition coefficient (Wildman–Crippen LogP) is 2.32. The average Bonchev–Trinajstić information content (AvgIpc) is 2.15. The standard InChI is InChI=1S/C8H5BrF2N2O4/c9-7-4(13(16)17)2-12-3(1-5(14)15)6(7)8(10)11/h2,8H,1H2,(H,14,15). The van der Waals surface area contributed by atoms with Crippen LogP contribution < -0.4 is 0 Å². The van der Waals surface area contributed by atoms with Crippen LogP contribution in [0.5, 0.6) is 0 Å². The van der Waals surface area contributed by atoms with Crippen molar-refractivity contribution in [2.24, 2.45) is 0 Å². The number of hydrogen-bond donors (Lipinski definition) is 1. The average molecular weight is 311 g/mol. The Labute approximate surface area is 102 Å². The monoisotopic (exact) mass is 310 g/mol. The van der Waals surface area contributed by atoms with Crippen LogP contribution in [0.15, 0.2) is 10.7 Å². The van der Waals surface area contributed by atoms with Gasteiger partial charge in [-0.2, -0.15) is 0 Å². The summed E-state index contributed by atoms with van der Waals surface area (Å²) in [6.45, 7) is 0. The third-order valence-electron chi connectivity index (χ3n) is 1.85. The van der Waals surface area contributed by atoms with Crippen LogP contribution in [0.1, 0.15) is 17.7 Å². The van der Waals surface area contributed by atoms with Gasteiger partial charge in [-0.1, -0.05) is 0 Å². The summed E-state index contributed by atoms with van der Waals surface area (Å²) >= 11 is 2.67. The molecular weight excluding hydrogens is 306 g/mol. The van der Waals surface area contributed by atoms with E-state index in [0.717, 1.165) is 6.20 Å². The van der Waals surface area contributed by atoms with Crippen molar-refractivity contribution < 1.29 is 23.6 Å². The zero-order valence-corrected chi connectivity index (χ0v) is 9.65. The molecule has 0 unspecified atom stereocenters. The summed E-state index contributed by atoms with van der Waals surface area (Å²) in [6, 6.07) is 0. The molecule has 0 saturated carbocycles. The largest absolute Gasteiger partial charge is 0.481 e. The molecule has 1 aromatic rings. The second-order valence-corrected chi connectivity index (χ2v) is 3.74. The summed E-state index contributed by atoms with van der Waals surface area (Å²) in [7, 11) is 0. The lowest BCUT2D eigenvalue weighted by molar-refractivity contribution is -0.386. The third kappa shape index (κ3) is 2.93. The van der Waals surface area contributed by atoms with E-state index in [9.17, 15) is 23.7 Å². The molecule has 0 atom stereocenters. The highest BCUT2D eigenvalue weighted by atomic mass is 79.9. The number of carboxylic acid groups (broad SMARTS) is 1. The molecule has 0 aliphatic carbocycles. The van der Waals surface area contributed by atoms with Crippen molar-refractivity contribution >= 4 is 27.6 Å². The molecular formula is C8H5BrF2N2O4. The molecule has 0 aliphatic rings. The Balaban J connectivity index is 3.39. The summed E-state index contributed by atoms with van der Waals surface area (Å²) in [6.07, 6.45) is -3.03. The first-order valence-electron chi connectivity index (χ1n) is 4.16. The summed E-state index contributed by atoms with van der Waals surface area (Å²) in [4.78, 5) is 23.5. The zero-order valence-electron chi connectivity index (χ0n) is 8.06. The highest BCUT2D eigenvalue weighted by molar-refractivity contribution is 9.10. The number of rotatable bonds is 4. The molecule has 1 aromatic heterocycles. The Morgan fingerprint density at radius 2 is 2.24 bits per heavy atom. The van der Waals surface area contributed by atoms with Gasteiger partial charge in [-0.25, -0.2) is 8.78 Å². The van der Waals surface area contributed by atoms with Gasteiger partial charge in [0.05, 0.1) is 22.6 Å². The molecule has 17 heavy (non-hydrogen) atoms. The summed E-state index contributed by atoms with van der Waals surface area (Å²) in [5.74, 6) is -1.35. The van der Waals surface area contributed by atoms with E-state index >= 15 is 0 Å². The number of alkyl halides is 2. The normalized spacial score (nSPS) is 10.6. The highest BCUT2D eigenvalue weighted by Crippen LogP contribution is 2.35. The summed E-state index contributed by atoms with van der Waals surface area (Å²) < 4.78 is 25.0. The van der Waals surface area contributed by atoms with Gasteiger partial charge in [0.2, 0.25) is 0 Å². The van der Waals surface area contributed by atoms with E-state index in [1.807, 2.05) is 0 Å². The van der Waals surface area contributed by atoms with E-state index in [0.29, 0.717) is 0 Å². The van der Waals surface area contributed by atoms with Gasteiger partial charge >= 0.3 is 11.7 Å². The number of aromatic nitrogens is 1. The van der Waals surface area contributed by atoms with Gasteiger partial charge in [0.1, 0.15) is 10.7 Å². The first-order chi connectivity index (χ1) is 7.84.